The fraction of sp³-hybridized carbons (Fsp3) is 1.00. The average molecular weight is 183 g/mol. The molecule has 13 heavy (non-hydrogen) atoms. The first-order valence-corrected chi connectivity index (χ1v) is 5.66. The number of ether oxygens (including phenoxy) is 1. The molecule has 0 aromatic rings. The summed E-state index contributed by atoms with van der Waals surface area (Å²) in [6.07, 6.45) is 8.03. The quantitative estimate of drug-likeness (QED) is 0.723. The van der Waals surface area contributed by atoms with E-state index in [1.54, 1.807) is 0 Å². The highest BCUT2D eigenvalue weighted by molar-refractivity contribution is 4.85. The summed E-state index contributed by atoms with van der Waals surface area (Å²) in [5.74, 6) is 0. The monoisotopic (exact) mass is 183 g/mol. The van der Waals surface area contributed by atoms with Gasteiger partial charge in [-0.05, 0) is 32.6 Å². The van der Waals surface area contributed by atoms with Gasteiger partial charge < -0.3 is 10.1 Å². The van der Waals surface area contributed by atoms with E-state index in [9.17, 15) is 0 Å². The summed E-state index contributed by atoms with van der Waals surface area (Å²) in [6, 6.07) is 0.779. The standard InChI is InChI=1S/C11H21NO/c1-11(7-4-8-13-11)9-12-10-5-2-3-6-10/h10,12H,2-9H2,1H3. The first-order valence-electron chi connectivity index (χ1n) is 5.66. The van der Waals surface area contributed by atoms with Gasteiger partial charge in [-0.25, -0.2) is 0 Å². The van der Waals surface area contributed by atoms with E-state index < -0.39 is 0 Å². The van der Waals surface area contributed by atoms with Crippen molar-refractivity contribution < 1.29 is 4.74 Å². The van der Waals surface area contributed by atoms with Gasteiger partial charge >= 0.3 is 0 Å². The van der Waals surface area contributed by atoms with Crippen LogP contribution in [0.1, 0.15) is 45.4 Å². The molecule has 1 N–H and O–H groups in total. The molecule has 2 fully saturated rings. The van der Waals surface area contributed by atoms with Crippen LogP contribution in [0.3, 0.4) is 0 Å². The van der Waals surface area contributed by atoms with Gasteiger partial charge in [0.15, 0.2) is 0 Å². The first-order chi connectivity index (χ1) is 6.29. The van der Waals surface area contributed by atoms with Crippen LogP contribution in [0.4, 0.5) is 0 Å². The Labute approximate surface area is 81.0 Å². The molecule has 0 bridgehead atoms. The van der Waals surface area contributed by atoms with Crippen molar-refractivity contribution in [2.24, 2.45) is 0 Å². The van der Waals surface area contributed by atoms with Crippen LogP contribution >= 0.6 is 0 Å². The molecule has 1 aliphatic carbocycles. The molecule has 1 atom stereocenters. The van der Waals surface area contributed by atoms with Crippen molar-refractivity contribution in [1.82, 2.24) is 5.32 Å². The van der Waals surface area contributed by atoms with Crippen molar-refractivity contribution >= 4 is 0 Å². The van der Waals surface area contributed by atoms with E-state index in [2.05, 4.69) is 12.2 Å². The van der Waals surface area contributed by atoms with Gasteiger partial charge in [0.2, 0.25) is 0 Å². The zero-order valence-corrected chi connectivity index (χ0v) is 8.64. The Hall–Kier alpha value is -0.0800. The molecule has 2 nitrogen and oxygen atoms in total. The summed E-state index contributed by atoms with van der Waals surface area (Å²) in [5, 5.41) is 3.64. The van der Waals surface area contributed by atoms with Gasteiger partial charge in [0.25, 0.3) is 0 Å². The lowest BCUT2D eigenvalue weighted by atomic mass is 10.0. The van der Waals surface area contributed by atoms with E-state index in [1.165, 1.54) is 38.5 Å². The zero-order valence-electron chi connectivity index (χ0n) is 8.64. The fourth-order valence-electron chi connectivity index (χ4n) is 2.47. The molecule has 1 heterocycles. The predicted molar refractivity (Wildman–Crippen MR) is 53.8 cm³/mol. The Morgan fingerprint density at radius 2 is 2.08 bits per heavy atom. The minimum absolute atomic E-state index is 0.141. The van der Waals surface area contributed by atoms with Gasteiger partial charge in [-0.15, -0.1) is 0 Å². The molecule has 0 spiro atoms. The third-order valence-corrected chi connectivity index (χ3v) is 3.42. The first kappa shape index (κ1) is 9.47. The third-order valence-electron chi connectivity index (χ3n) is 3.42. The van der Waals surface area contributed by atoms with Gasteiger partial charge in [0.1, 0.15) is 0 Å². The van der Waals surface area contributed by atoms with Crippen LogP contribution in [0.25, 0.3) is 0 Å². The molecule has 1 unspecified atom stereocenters. The van der Waals surface area contributed by atoms with Gasteiger partial charge in [0.05, 0.1) is 5.60 Å². The third kappa shape index (κ3) is 2.44. The number of rotatable bonds is 3. The lowest BCUT2D eigenvalue weighted by Crippen LogP contribution is -2.41. The average Bonchev–Trinajstić information content (AvgIpc) is 2.72. The maximum atomic E-state index is 5.74. The van der Waals surface area contributed by atoms with Gasteiger partial charge in [-0.1, -0.05) is 12.8 Å². The van der Waals surface area contributed by atoms with Crippen LogP contribution in [-0.2, 0) is 4.74 Å². The number of nitrogens with one attached hydrogen (secondary N) is 1. The molecule has 1 saturated carbocycles. The highest BCUT2D eigenvalue weighted by Crippen LogP contribution is 2.25. The van der Waals surface area contributed by atoms with E-state index in [0.29, 0.717) is 0 Å². The molecule has 76 valence electrons. The highest BCUT2D eigenvalue weighted by atomic mass is 16.5. The molecule has 1 aliphatic heterocycles. The molecule has 2 aliphatic rings. The highest BCUT2D eigenvalue weighted by Gasteiger charge is 2.30. The summed E-state index contributed by atoms with van der Waals surface area (Å²) in [4.78, 5) is 0. The minimum atomic E-state index is 0.141. The second-order valence-electron chi connectivity index (χ2n) is 4.76. The summed E-state index contributed by atoms with van der Waals surface area (Å²) in [5.41, 5.74) is 0.141. The molecule has 0 aromatic carbocycles. The molecule has 1 saturated heterocycles. The maximum Gasteiger partial charge on any atom is 0.0779 e. The Bertz CT molecular complexity index is 157. The zero-order chi connectivity index (χ0) is 9.15. The molecule has 0 radical (unpaired) electrons. The summed E-state index contributed by atoms with van der Waals surface area (Å²) >= 11 is 0. The van der Waals surface area contributed by atoms with Crippen molar-refractivity contribution in [3.63, 3.8) is 0 Å². The molecule has 0 amide bonds. The van der Waals surface area contributed by atoms with Crippen molar-refractivity contribution in [2.75, 3.05) is 13.2 Å². The van der Waals surface area contributed by atoms with Crippen LogP contribution in [0, 0.1) is 0 Å². The van der Waals surface area contributed by atoms with Crippen LogP contribution in [0.15, 0.2) is 0 Å². The molecule has 2 heteroatoms. The van der Waals surface area contributed by atoms with Crippen molar-refractivity contribution in [1.29, 1.82) is 0 Å². The molecular formula is C11H21NO. The SMILES string of the molecule is CC1(CNC2CCCC2)CCCO1. The van der Waals surface area contributed by atoms with E-state index in [-0.39, 0.29) is 5.60 Å². The van der Waals surface area contributed by atoms with Crippen molar-refractivity contribution in [3.8, 4) is 0 Å². The Morgan fingerprint density at radius 3 is 2.69 bits per heavy atom. The number of hydrogen-bond acceptors (Lipinski definition) is 2. The largest absolute Gasteiger partial charge is 0.374 e. The van der Waals surface area contributed by atoms with Gasteiger partial charge in [-0.3, -0.25) is 0 Å². The van der Waals surface area contributed by atoms with Crippen LogP contribution in [-0.4, -0.2) is 24.8 Å². The summed E-state index contributed by atoms with van der Waals surface area (Å²) in [7, 11) is 0. The Kier molecular flexibility index (Phi) is 2.89. The topological polar surface area (TPSA) is 21.3 Å². The molecular weight excluding hydrogens is 162 g/mol. The molecule has 2 rings (SSSR count). The number of hydrogen-bond donors (Lipinski definition) is 1. The van der Waals surface area contributed by atoms with E-state index in [4.69, 9.17) is 4.74 Å². The minimum Gasteiger partial charge on any atom is -0.374 e. The lowest BCUT2D eigenvalue weighted by Gasteiger charge is -2.25. The van der Waals surface area contributed by atoms with Crippen LogP contribution < -0.4 is 5.32 Å². The predicted octanol–water partition coefficient (Wildman–Crippen LogP) is 2.09. The Balaban J connectivity index is 1.71. The second-order valence-corrected chi connectivity index (χ2v) is 4.76. The van der Waals surface area contributed by atoms with Crippen LogP contribution in [0.5, 0.6) is 0 Å². The smallest absolute Gasteiger partial charge is 0.0779 e. The van der Waals surface area contributed by atoms with E-state index in [1.807, 2.05) is 0 Å². The van der Waals surface area contributed by atoms with Gasteiger partial charge in [-0.2, -0.15) is 0 Å². The van der Waals surface area contributed by atoms with Gasteiger partial charge in [0, 0.05) is 19.2 Å². The maximum absolute atomic E-state index is 5.74. The normalized spacial score (nSPS) is 35.8. The summed E-state index contributed by atoms with van der Waals surface area (Å²) < 4.78 is 5.74. The fourth-order valence-corrected chi connectivity index (χ4v) is 2.47. The van der Waals surface area contributed by atoms with Crippen LogP contribution in [0.2, 0.25) is 0 Å². The molecule has 0 aromatic heterocycles. The van der Waals surface area contributed by atoms with Crippen molar-refractivity contribution in [3.05, 3.63) is 0 Å². The summed E-state index contributed by atoms with van der Waals surface area (Å²) in [6.45, 7) is 4.25. The van der Waals surface area contributed by atoms with E-state index in [0.717, 1.165) is 19.2 Å². The second kappa shape index (κ2) is 3.97. The Morgan fingerprint density at radius 1 is 1.31 bits per heavy atom. The van der Waals surface area contributed by atoms with E-state index >= 15 is 0 Å². The lowest BCUT2D eigenvalue weighted by molar-refractivity contribution is 0.0189. The van der Waals surface area contributed by atoms with Crippen molar-refractivity contribution in [2.45, 2.75) is 57.1 Å².